The molecule has 212 valence electrons. The van der Waals surface area contributed by atoms with Crippen LogP contribution in [0.2, 0.25) is 0 Å². The summed E-state index contributed by atoms with van der Waals surface area (Å²) < 4.78 is 51.8. The van der Waals surface area contributed by atoms with E-state index in [0.29, 0.717) is 52.0 Å². The first-order valence-corrected chi connectivity index (χ1v) is 12.7. The number of carbonyl (C=O) groups is 3. The van der Waals surface area contributed by atoms with Crippen LogP contribution in [0.4, 0.5) is 29.3 Å². The smallest absolute Gasteiger partial charge is 0.294 e. The van der Waals surface area contributed by atoms with E-state index in [1.54, 1.807) is 37.3 Å². The summed E-state index contributed by atoms with van der Waals surface area (Å²) >= 11 is 0.581. The van der Waals surface area contributed by atoms with Gasteiger partial charge in [0.25, 0.3) is 16.8 Å². The van der Waals surface area contributed by atoms with Gasteiger partial charge in [0, 0.05) is 12.1 Å². The largest absolute Gasteiger partial charge is 0.490 e. The summed E-state index contributed by atoms with van der Waals surface area (Å²) in [5.74, 6) is -5.88. The average Bonchev–Trinajstić information content (AvgIpc) is 3.20. The predicted octanol–water partition coefficient (Wildman–Crippen LogP) is 5.66. The van der Waals surface area contributed by atoms with Gasteiger partial charge in [0.05, 0.1) is 22.1 Å². The number of anilines is 1. The minimum absolute atomic E-state index is 0.00352. The van der Waals surface area contributed by atoms with Crippen molar-refractivity contribution in [3.8, 4) is 11.5 Å². The van der Waals surface area contributed by atoms with E-state index in [4.69, 9.17) is 9.47 Å². The van der Waals surface area contributed by atoms with Crippen LogP contribution < -0.4 is 14.8 Å². The van der Waals surface area contributed by atoms with Crippen molar-refractivity contribution in [3.63, 3.8) is 0 Å². The average molecular weight is 588 g/mol. The molecule has 4 rings (SSSR count). The fourth-order valence-electron chi connectivity index (χ4n) is 3.62. The van der Waals surface area contributed by atoms with Gasteiger partial charge in [-0.25, -0.2) is 13.2 Å². The summed E-state index contributed by atoms with van der Waals surface area (Å²) in [6.07, 6.45) is 1.42. The van der Waals surface area contributed by atoms with E-state index >= 15 is 0 Å². The van der Waals surface area contributed by atoms with Crippen LogP contribution in [0, 0.1) is 27.6 Å². The third-order valence-corrected chi connectivity index (χ3v) is 6.50. The van der Waals surface area contributed by atoms with Crippen molar-refractivity contribution in [2.24, 2.45) is 0 Å². The van der Waals surface area contributed by atoms with Crippen molar-refractivity contribution in [3.05, 3.63) is 98.2 Å². The molecule has 1 heterocycles. The van der Waals surface area contributed by atoms with Gasteiger partial charge in [-0.3, -0.25) is 29.4 Å². The van der Waals surface area contributed by atoms with E-state index < -0.39 is 51.7 Å². The van der Waals surface area contributed by atoms with Crippen molar-refractivity contribution in [1.82, 2.24) is 4.90 Å². The van der Waals surface area contributed by atoms with Crippen molar-refractivity contribution in [2.45, 2.75) is 13.5 Å². The lowest BCUT2D eigenvalue weighted by Gasteiger charge is -2.13. The molecule has 1 aliphatic heterocycles. The summed E-state index contributed by atoms with van der Waals surface area (Å²) in [5, 5.41) is 12.1. The number of rotatable bonds is 10. The minimum Gasteiger partial charge on any atom is -0.490 e. The number of hydrogen-bond acceptors (Lipinski definition) is 8. The van der Waals surface area contributed by atoms with Gasteiger partial charge in [0.1, 0.15) is 13.2 Å². The molecule has 3 amide bonds. The van der Waals surface area contributed by atoms with E-state index in [0.717, 1.165) is 6.07 Å². The lowest BCUT2D eigenvalue weighted by Crippen LogP contribution is -2.36. The highest BCUT2D eigenvalue weighted by Crippen LogP contribution is 2.35. The number of carbonyl (C=O) groups excluding carboxylic acids is 3. The number of hydrogen-bond donors (Lipinski definition) is 1. The minimum atomic E-state index is -1.77. The first-order chi connectivity index (χ1) is 19.6. The Bertz CT molecular complexity index is 1560. The molecule has 0 aromatic heterocycles. The van der Waals surface area contributed by atoms with E-state index in [2.05, 4.69) is 0 Å². The third kappa shape index (κ3) is 6.84. The maximum absolute atomic E-state index is 13.9. The number of thioether (sulfide) groups is 1. The third-order valence-electron chi connectivity index (χ3n) is 5.59. The molecule has 10 nitrogen and oxygen atoms in total. The number of nitro benzene ring substituents is 1. The van der Waals surface area contributed by atoms with Crippen LogP contribution in [-0.2, 0) is 16.2 Å². The molecule has 41 heavy (non-hydrogen) atoms. The predicted molar refractivity (Wildman–Crippen MR) is 143 cm³/mol. The van der Waals surface area contributed by atoms with Gasteiger partial charge in [0.2, 0.25) is 5.91 Å². The van der Waals surface area contributed by atoms with Gasteiger partial charge in [-0.15, -0.1) is 0 Å². The molecule has 0 unspecified atom stereocenters. The van der Waals surface area contributed by atoms with Crippen LogP contribution in [0.25, 0.3) is 6.08 Å². The molecular formula is C27H20F3N3O7S. The highest BCUT2D eigenvalue weighted by atomic mass is 32.2. The van der Waals surface area contributed by atoms with E-state index in [9.17, 15) is 37.7 Å². The number of ether oxygens (including phenoxy) is 2. The summed E-state index contributed by atoms with van der Waals surface area (Å²) in [6.45, 7) is 1.38. The van der Waals surface area contributed by atoms with Gasteiger partial charge >= 0.3 is 0 Å². The Morgan fingerprint density at radius 2 is 1.76 bits per heavy atom. The monoisotopic (exact) mass is 587 g/mol. The molecule has 0 spiro atoms. The molecule has 1 fully saturated rings. The van der Waals surface area contributed by atoms with Gasteiger partial charge in [-0.05, 0) is 72.3 Å². The number of amides is 3. The number of nitrogens with one attached hydrogen (secondary N) is 1. The standard InChI is InChI=1S/C27H20F3N3O7S/c1-2-39-21-11-16(5-10-20(21)40-14-15-3-6-17(7-4-15)33(37)38)12-22-26(35)32(27(36)41-22)13-23(34)31-19-9-8-18(28)24(29)25(19)30/h3-12H,2,13-14H2,1H3,(H,31,34)/b22-12+. The first-order valence-electron chi connectivity index (χ1n) is 11.9. The van der Waals surface area contributed by atoms with Gasteiger partial charge in [-0.1, -0.05) is 6.07 Å². The molecule has 1 aliphatic rings. The normalized spacial score (nSPS) is 14.0. The zero-order valence-electron chi connectivity index (χ0n) is 21.2. The fraction of sp³-hybridized carbons (Fsp3) is 0.148. The Labute approximate surface area is 234 Å². The second-order valence-electron chi connectivity index (χ2n) is 8.39. The maximum Gasteiger partial charge on any atom is 0.294 e. The summed E-state index contributed by atoms with van der Waals surface area (Å²) in [4.78, 5) is 48.5. The van der Waals surface area contributed by atoms with Crippen LogP contribution in [-0.4, -0.2) is 40.0 Å². The van der Waals surface area contributed by atoms with Gasteiger partial charge in [-0.2, -0.15) is 0 Å². The van der Waals surface area contributed by atoms with Gasteiger partial charge in [0.15, 0.2) is 29.0 Å². The molecular weight excluding hydrogens is 567 g/mol. The SMILES string of the molecule is CCOc1cc(/C=C2/SC(=O)N(CC(=O)Nc3ccc(F)c(F)c3F)C2=O)ccc1OCc1ccc([N+](=O)[O-])cc1. The molecule has 3 aromatic rings. The summed E-state index contributed by atoms with van der Waals surface area (Å²) in [6, 6.07) is 12.1. The Morgan fingerprint density at radius 3 is 2.44 bits per heavy atom. The molecule has 1 N–H and O–H groups in total. The van der Waals surface area contributed by atoms with Gasteiger partial charge < -0.3 is 14.8 Å². The van der Waals surface area contributed by atoms with Crippen molar-refractivity contribution in [1.29, 1.82) is 0 Å². The maximum atomic E-state index is 13.9. The lowest BCUT2D eigenvalue weighted by atomic mass is 10.1. The zero-order valence-corrected chi connectivity index (χ0v) is 22.0. The van der Waals surface area contributed by atoms with Crippen molar-refractivity contribution in [2.75, 3.05) is 18.5 Å². The number of halogens is 3. The molecule has 0 atom stereocenters. The Balaban J connectivity index is 1.44. The van der Waals surface area contributed by atoms with Crippen LogP contribution >= 0.6 is 11.8 Å². The highest BCUT2D eigenvalue weighted by molar-refractivity contribution is 8.18. The first kappa shape index (κ1) is 29.1. The van der Waals surface area contributed by atoms with E-state index in [-0.39, 0.29) is 17.2 Å². The fourth-order valence-corrected chi connectivity index (χ4v) is 4.46. The molecule has 14 heteroatoms. The van der Waals surface area contributed by atoms with Crippen molar-refractivity contribution >= 4 is 46.3 Å². The molecule has 3 aromatic carbocycles. The van der Waals surface area contributed by atoms with Crippen LogP contribution in [0.3, 0.4) is 0 Å². The van der Waals surface area contributed by atoms with Crippen LogP contribution in [0.1, 0.15) is 18.1 Å². The van der Waals surface area contributed by atoms with E-state index in [1.165, 1.54) is 18.2 Å². The zero-order chi connectivity index (χ0) is 29.7. The number of non-ortho nitro benzene ring substituents is 1. The van der Waals surface area contributed by atoms with Crippen LogP contribution in [0.5, 0.6) is 11.5 Å². The highest BCUT2D eigenvalue weighted by Gasteiger charge is 2.36. The Kier molecular flexibility index (Phi) is 8.92. The number of nitro groups is 1. The van der Waals surface area contributed by atoms with Crippen LogP contribution in [0.15, 0.2) is 59.5 Å². The second kappa shape index (κ2) is 12.6. The second-order valence-corrected chi connectivity index (χ2v) is 9.38. The molecule has 1 saturated heterocycles. The summed E-state index contributed by atoms with van der Waals surface area (Å²) in [5.41, 5.74) is 0.480. The molecule has 0 radical (unpaired) electrons. The Hall–Kier alpha value is -4.85. The molecule has 0 bridgehead atoms. The Morgan fingerprint density at radius 1 is 1.02 bits per heavy atom. The van der Waals surface area contributed by atoms with E-state index in [1.807, 2.05) is 5.32 Å². The number of benzene rings is 3. The summed E-state index contributed by atoms with van der Waals surface area (Å²) in [7, 11) is 0. The lowest BCUT2D eigenvalue weighted by molar-refractivity contribution is -0.384. The molecule has 0 aliphatic carbocycles. The quantitative estimate of drug-likeness (QED) is 0.139. The van der Waals surface area contributed by atoms with Crippen molar-refractivity contribution < 1.29 is 42.0 Å². The number of imide groups is 1. The topological polar surface area (TPSA) is 128 Å². The number of nitrogens with zero attached hydrogens (tertiary/aromatic N) is 2. The molecule has 0 saturated carbocycles.